The van der Waals surface area contributed by atoms with E-state index >= 15 is 0 Å². The monoisotopic (exact) mass is 534 g/mol. The fraction of sp³-hybridized carbons (Fsp3) is 0.500. The first kappa shape index (κ1) is 28.5. The topological polar surface area (TPSA) is 118 Å². The molecular weight excluding hydrogens is 496 g/mol. The van der Waals surface area contributed by atoms with E-state index in [0.29, 0.717) is 18.0 Å². The molecule has 1 aliphatic heterocycles. The van der Waals surface area contributed by atoms with Crippen molar-refractivity contribution in [2.75, 3.05) is 62.9 Å². The first-order chi connectivity index (χ1) is 17.5. The fourth-order valence-electron chi connectivity index (χ4n) is 3.89. The SMILES string of the molecule is COc1c(NC(=O)NCc2ccccc2OCCN2CCOCC2)cc(C(C)(C)C)cc1NS(C)(=O)=O. The summed E-state index contributed by atoms with van der Waals surface area (Å²) in [6.07, 6.45) is 1.07. The van der Waals surface area contributed by atoms with E-state index in [0.717, 1.165) is 50.2 Å². The maximum absolute atomic E-state index is 12.9. The van der Waals surface area contributed by atoms with E-state index in [2.05, 4.69) is 20.3 Å². The van der Waals surface area contributed by atoms with Crippen molar-refractivity contribution in [3.05, 3.63) is 47.5 Å². The number of nitrogens with one attached hydrogen (secondary N) is 3. The van der Waals surface area contributed by atoms with Crippen molar-refractivity contribution >= 4 is 27.4 Å². The van der Waals surface area contributed by atoms with Crippen LogP contribution in [0.25, 0.3) is 0 Å². The molecule has 0 spiro atoms. The van der Waals surface area contributed by atoms with Gasteiger partial charge in [-0.2, -0.15) is 0 Å². The molecule has 10 nitrogen and oxygen atoms in total. The maximum atomic E-state index is 12.9. The second-order valence-electron chi connectivity index (χ2n) is 9.95. The molecule has 0 saturated carbocycles. The average Bonchev–Trinajstić information content (AvgIpc) is 2.82. The zero-order valence-corrected chi connectivity index (χ0v) is 23.0. The average molecular weight is 535 g/mol. The van der Waals surface area contributed by atoms with Gasteiger partial charge < -0.3 is 24.8 Å². The van der Waals surface area contributed by atoms with Crippen LogP contribution in [0, 0.1) is 0 Å². The normalized spacial score (nSPS) is 14.6. The Balaban J connectivity index is 1.69. The molecule has 0 bridgehead atoms. The molecule has 0 unspecified atom stereocenters. The van der Waals surface area contributed by atoms with Gasteiger partial charge in [0.25, 0.3) is 0 Å². The molecule has 204 valence electrons. The molecule has 2 aromatic carbocycles. The van der Waals surface area contributed by atoms with Gasteiger partial charge >= 0.3 is 6.03 Å². The van der Waals surface area contributed by atoms with Crippen molar-refractivity contribution in [3.8, 4) is 11.5 Å². The lowest BCUT2D eigenvalue weighted by Gasteiger charge is -2.26. The lowest BCUT2D eigenvalue weighted by atomic mass is 9.86. The van der Waals surface area contributed by atoms with Crippen LogP contribution in [0.3, 0.4) is 0 Å². The van der Waals surface area contributed by atoms with Gasteiger partial charge in [0.1, 0.15) is 12.4 Å². The number of para-hydroxylation sites is 1. The predicted molar refractivity (Wildman–Crippen MR) is 145 cm³/mol. The molecule has 0 radical (unpaired) electrons. The maximum Gasteiger partial charge on any atom is 0.319 e. The number of benzene rings is 2. The van der Waals surface area contributed by atoms with Crippen LogP contribution in [-0.2, 0) is 26.7 Å². The number of morpholine rings is 1. The summed E-state index contributed by atoms with van der Waals surface area (Å²) in [6.45, 7) is 10.9. The van der Waals surface area contributed by atoms with Crippen LogP contribution in [0.2, 0.25) is 0 Å². The quantitative estimate of drug-likeness (QED) is 0.428. The highest BCUT2D eigenvalue weighted by Gasteiger charge is 2.22. The molecule has 2 amide bonds. The highest BCUT2D eigenvalue weighted by atomic mass is 32.2. The molecule has 0 atom stereocenters. The van der Waals surface area contributed by atoms with Gasteiger partial charge in [-0.15, -0.1) is 0 Å². The van der Waals surface area contributed by atoms with E-state index in [9.17, 15) is 13.2 Å². The number of sulfonamides is 1. The second kappa shape index (κ2) is 12.5. The summed E-state index contributed by atoms with van der Waals surface area (Å²) in [5, 5.41) is 5.66. The van der Waals surface area contributed by atoms with E-state index in [4.69, 9.17) is 14.2 Å². The molecule has 37 heavy (non-hydrogen) atoms. The number of amides is 2. The number of nitrogens with zero attached hydrogens (tertiary/aromatic N) is 1. The second-order valence-corrected chi connectivity index (χ2v) is 11.7. The van der Waals surface area contributed by atoms with Gasteiger partial charge in [-0.05, 0) is 29.2 Å². The van der Waals surface area contributed by atoms with Crippen molar-refractivity contribution in [3.63, 3.8) is 0 Å². The van der Waals surface area contributed by atoms with Crippen LogP contribution in [0.5, 0.6) is 11.5 Å². The molecule has 3 rings (SSSR count). The number of hydrogen-bond donors (Lipinski definition) is 3. The number of anilines is 2. The number of urea groups is 1. The Morgan fingerprint density at radius 1 is 1.11 bits per heavy atom. The summed E-state index contributed by atoms with van der Waals surface area (Å²) < 4.78 is 43.2. The van der Waals surface area contributed by atoms with Gasteiger partial charge in [0.05, 0.1) is 38.0 Å². The van der Waals surface area contributed by atoms with Crippen LogP contribution < -0.4 is 24.8 Å². The third-order valence-corrected chi connectivity index (χ3v) is 6.47. The Bertz CT molecular complexity index is 1170. The summed E-state index contributed by atoms with van der Waals surface area (Å²) in [4.78, 5) is 15.2. The largest absolute Gasteiger partial charge is 0.492 e. The molecule has 0 aromatic heterocycles. The molecule has 11 heteroatoms. The minimum Gasteiger partial charge on any atom is -0.492 e. The highest BCUT2D eigenvalue weighted by Crippen LogP contribution is 2.39. The molecule has 0 aliphatic carbocycles. The summed E-state index contributed by atoms with van der Waals surface area (Å²) >= 11 is 0. The van der Waals surface area contributed by atoms with Crippen LogP contribution in [0.1, 0.15) is 31.9 Å². The number of rotatable bonds is 10. The lowest BCUT2D eigenvalue weighted by molar-refractivity contribution is 0.0322. The Kier molecular flexibility index (Phi) is 9.63. The third kappa shape index (κ3) is 8.80. The first-order valence-electron chi connectivity index (χ1n) is 12.2. The van der Waals surface area contributed by atoms with E-state index in [1.54, 1.807) is 12.1 Å². The summed E-state index contributed by atoms with van der Waals surface area (Å²) in [6, 6.07) is 10.6. The Hall–Kier alpha value is -3.02. The molecule has 3 N–H and O–H groups in total. The van der Waals surface area contributed by atoms with Crippen LogP contribution in [-0.4, -0.2) is 72.2 Å². The van der Waals surface area contributed by atoms with Crippen LogP contribution in [0.15, 0.2) is 36.4 Å². The molecule has 2 aromatic rings. The first-order valence-corrected chi connectivity index (χ1v) is 14.1. The van der Waals surface area contributed by atoms with E-state index in [1.165, 1.54) is 7.11 Å². The molecular formula is C26H38N4O6S. The van der Waals surface area contributed by atoms with Gasteiger partial charge in [-0.25, -0.2) is 13.2 Å². The molecule has 1 heterocycles. The zero-order valence-electron chi connectivity index (χ0n) is 22.2. The molecule has 1 aliphatic rings. The third-order valence-electron chi connectivity index (χ3n) is 5.88. The van der Waals surface area contributed by atoms with Gasteiger partial charge in [0, 0.05) is 31.7 Å². The summed E-state index contributed by atoms with van der Waals surface area (Å²) in [5.74, 6) is 0.934. The minimum absolute atomic E-state index is 0.223. The van der Waals surface area contributed by atoms with Gasteiger partial charge in [0.15, 0.2) is 5.75 Å². The molecule has 1 saturated heterocycles. The molecule has 1 fully saturated rings. The number of methoxy groups -OCH3 is 1. The number of hydrogen-bond acceptors (Lipinski definition) is 7. The predicted octanol–water partition coefficient (Wildman–Crippen LogP) is 3.40. The smallest absolute Gasteiger partial charge is 0.319 e. The lowest BCUT2D eigenvalue weighted by Crippen LogP contribution is -2.38. The van der Waals surface area contributed by atoms with E-state index in [-0.39, 0.29) is 23.4 Å². The minimum atomic E-state index is -3.56. The number of carbonyl (C=O) groups excluding carboxylic acids is 1. The van der Waals surface area contributed by atoms with Gasteiger partial charge in [0.2, 0.25) is 10.0 Å². The fourth-order valence-corrected chi connectivity index (χ4v) is 4.44. The van der Waals surface area contributed by atoms with Crippen molar-refractivity contribution < 1.29 is 27.4 Å². The van der Waals surface area contributed by atoms with Gasteiger partial charge in [-0.1, -0.05) is 39.0 Å². The standard InChI is InChI=1S/C26H38N4O6S/c1-26(2,3)20-16-21(24(34-4)22(17-20)29-37(5,32)33)28-25(31)27-18-19-8-6-7-9-23(19)36-15-12-30-10-13-35-14-11-30/h6-9,16-17,29H,10-15,18H2,1-5H3,(H2,27,28,31). The Morgan fingerprint density at radius 2 is 1.78 bits per heavy atom. The zero-order chi connectivity index (χ0) is 27.1. The van der Waals surface area contributed by atoms with Crippen molar-refractivity contribution in [2.45, 2.75) is 32.7 Å². The Morgan fingerprint density at radius 3 is 2.43 bits per heavy atom. The summed E-state index contributed by atoms with van der Waals surface area (Å²) in [7, 11) is -2.14. The van der Waals surface area contributed by atoms with Crippen molar-refractivity contribution in [1.29, 1.82) is 0 Å². The van der Waals surface area contributed by atoms with Crippen LogP contribution in [0.4, 0.5) is 16.2 Å². The van der Waals surface area contributed by atoms with E-state index in [1.807, 2.05) is 45.0 Å². The summed E-state index contributed by atoms with van der Waals surface area (Å²) in [5.41, 5.74) is 1.98. The highest BCUT2D eigenvalue weighted by molar-refractivity contribution is 7.92. The van der Waals surface area contributed by atoms with Gasteiger partial charge in [-0.3, -0.25) is 9.62 Å². The van der Waals surface area contributed by atoms with Crippen molar-refractivity contribution in [1.82, 2.24) is 10.2 Å². The van der Waals surface area contributed by atoms with E-state index < -0.39 is 16.1 Å². The Labute approximate surface area is 219 Å². The van der Waals surface area contributed by atoms with Crippen molar-refractivity contribution in [2.24, 2.45) is 0 Å². The number of ether oxygens (including phenoxy) is 3. The van der Waals surface area contributed by atoms with Crippen LogP contribution >= 0.6 is 0 Å². The number of carbonyl (C=O) groups is 1.